The van der Waals surface area contributed by atoms with Crippen LogP contribution in [0.25, 0.3) is 0 Å². The molecule has 0 spiro atoms. The van der Waals surface area contributed by atoms with Crippen molar-refractivity contribution in [3.63, 3.8) is 0 Å². The minimum Gasteiger partial charge on any atom is -0.353 e. The largest absolute Gasteiger partial charge is 0.353 e. The van der Waals surface area contributed by atoms with Crippen LogP contribution in [0.1, 0.15) is 46.7 Å². The molecule has 0 saturated carbocycles. The van der Waals surface area contributed by atoms with E-state index in [-0.39, 0.29) is 28.8 Å². The molecule has 1 aromatic heterocycles. The molecule has 2 atom stereocenters. The molecule has 0 radical (unpaired) electrons. The van der Waals surface area contributed by atoms with Crippen LogP contribution in [0.5, 0.6) is 0 Å². The molecule has 2 unspecified atom stereocenters. The fraction of sp³-hybridized carbons (Fsp3) is 0.688. The highest BCUT2D eigenvalue weighted by Gasteiger charge is 2.28. The molecule has 2 rings (SSSR count). The number of hydrogen-bond acceptors (Lipinski definition) is 4. The molecule has 1 aliphatic heterocycles. The summed E-state index contributed by atoms with van der Waals surface area (Å²) in [6.45, 7) is 10.6. The van der Waals surface area contributed by atoms with Crippen molar-refractivity contribution in [2.75, 3.05) is 5.75 Å². The van der Waals surface area contributed by atoms with Gasteiger partial charge in [0.25, 0.3) is 5.56 Å². The molecule has 1 amide bonds. The number of carbonyl (C=O) groups is 1. The number of hydrogen-bond donors (Lipinski definition) is 1. The van der Waals surface area contributed by atoms with Gasteiger partial charge in [-0.1, -0.05) is 39.5 Å². The number of nitrogens with zero attached hydrogens (tertiary/aromatic N) is 2. The summed E-state index contributed by atoms with van der Waals surface area (Å²) in [6.07, 6.45) is 0.901. The molecule has 1 N–H and O–H groups in total. The topological polar surface area (TPSA) is 64.0 Å². The number of thioether (sulfide) groups is 1. The highest BCUT2D eigenvalue weighted by Crippen LogP contribution is 2.28. The third kappa shape index (κ3) is 3.72. The van der Waals surface area contributed by atoms with Gasteiger partial charge < -0.3 is 5.32 Å². The van der Waals surface area contributed by atoms with E-state index in [0.717, 1.165) is 17.3 Å². The van der Waals surface area contributed by atoms with Gasteiger partial charge in [0, 0.05) is 29.8 Å². The number of fused-ring (bicyclic) bond motifs is 1. The Kier molecular flexibility index (Phi) is 5.00. The van der Waals surface area contributed by atoms with E-state index in [9.17, 15) is 9.59 Å². The Labute approximate surface area is 135 Å². The van der Waals surface area contributed by atoms with Crippen molar-refractivity contribution in [1.29, 1.82) is 0 Å². The van der Waals surface area contributed by atoms with Crippen LogP contribution in [0.15, 0.2) is 16.0 Å². The van der Waals surface area contributed by atoms with E-state index in [1.807, 2.05) is 34.6 Å². The minimum absolute atomic E-state index is 0.0271. The maximum atomic E-state index is 12.4. The Morgan fingerprint density at radius 2 is 2.23 bits per heavy atom. The fourth-order valence-corrected chi connectivity index (χ4v) is 3.31. The Morgan fingerprint density at radius 3 is 2.82 bits per heavy atom. The zero-order valence-electron chi connectivity index (χ0n) is 14.0. The van der Waals surface area contributed by atoms with Crippen molar-refractivity contribution in [2.45, 2.75) is 64.2 Å². The molecule has 6 heteroatoms. The normalized spacial score (nSPS) is 19.4. The van der Waals surface area contributed by atoms with Crippen molar-refractivity contribution in [3.8, 4) is 0 Å². The summed E-state index contributed by atoms with van der Waals surface area (Å²) in [5.41, 5.74) is 0.585. The third-order valence-corrected chi connectivity index (χ3v) is 5.07. The highest BCUT2D eigenvalue weighted by molar-refractivity contribution is 7.99. The molecule has 22 heavy (non-hydrogen) atoms. The van der Waals surface area contributed by atoms with Crippen LogP contribution in [-0.2, 0) is 16.8 Å². The zero-order valence-corrected chi connectivity index (χ0v) is 14.8. The van der Waals surface area contributed by atoms with E-state index in [1.165, 1.54) is 11.8 Å². The molecular weight excluding hydrogens is 298 g/mol. The number of rotatable bonds is 3. The van der Waals surface area contributed by atoms with Crippen molar-refractivity contribution in [1.82, 2.24) is 14.9 Å². The molecule has 1 aliphatic rings. The van der Waals surface area contributed by atoms with Gasteiger partial charge in [0.15, 0.2) is 5.16 Å². The smallest absolute Gasteiger partial charge is 0.254 e. The Hall–Kier alpha value is -1.30. The second-order valence-electron chi connectivity index (χ2n) is 6.95. The van der Waals surface area contributed by atoms with Gasteiger partial charge in [-0.05, 0) is 13.3 Å². The summed E-state index contributed by atoms with van der Waals surface area (Å²) >= 11 is 1.50. The molecule has 0 bridgehead atoms. The first-order valence-electron chi connectivity index (χ1n) is 7.78. The summed E-state index contributed by atoms with van der Waals surface area (Å²) in [5, 5.41) is 3.72. The Bertz CT molecular complexity index is 619. The average molecular weight is 323 g/mol. The van der Waals surface area contributed by atoms with Crippen molar-refractivity contribution < 1.29 is 4.79 Å². The molecule has 1 aromatic rings. The van der Waals surface area contributed by atoms with Gasteiger partial charge in [0.05, 0.1) is 11.6 Å². The number of carbonyl (C=O) groups excluding carboxylic acids is 1. The van der Waals surface area contributed by atoms with E-state index >= 15 is 0 Å². The molecule has 0 fully saturated rings. The third-order valence-electron chi connectivity index (χ3n) is 3.93. The first-order valence-corrected chi connectivity index (χ1v) is 8.76. The molecule has 2 heterocycles. The lowest BCUT2D eigenvalue weighted by atomic mass is 9.92. The predicted molar refractivity (Wildman–Crippen MR) is 89.3 cm³/mol. The van der Waals surface area contributed by atoms with Crippen molar-refractivity contribution in [2.24, 2.45) is 5.92 Å². The van der Waals surface area contributed by atoms with E-state index in [0.29, 0.717) is 12.3 Å². The zero-order chi connectivity index (χ0) is 16.5. The SMILES string of the molecule is CCC(C)NC(=O)C1CSc2nc(C(C)(C)C)cc(=O)n2C1. The molecule has 5 nitrogen and oxygen atoms in total. The maximum Gasteiger partial charge on any atom is 0.254 e. The van der Waals surface area contributed by atoms with Gasteiger partial charge in [0.2, 0.25) is 5.91 Å². The monoisotopic (exact) mass is 323 g/mol. The first kappa shape index (κ1) is 17.1. The van der Waals surface area contributed by atoms with E-state index in [2.05, 4.69) is 10.3 Å². The summed E-state index contributed by atoms with van der Waals surface area (Å²) in [5.74, 6) is 0.522. The summed E-state index contributed by atoms with van der Waals surface area (Å²) in [4.78, 5) is 29.2. The van der Waals surface area contributed by atoms with Gasteiger partial charge in [0.1, 0.15) is 0 Å². The number of nitrogens with one attached hydrogen (secondary N) is 1. The summed E-state index contributed by atoms with van der Waals surface area (Å²) in [6, 6.07) is 1.76. The van der Waals surface area contributed by atoms with E-state index < -0.39 is 0 Å². The van der Waals surface area contributed by atoms with Crippen LogP contribution in [-0.4, -0.2) is 27.3 Å². The van der Waals surface area contributed by atoms with Crippen molar-refractivity contribution >= 4 is 17.7 Å². The van der Waals surface area contributed by atoms with Crippen LogP contribution in [0.3, 0.4) is 0 Å². The summed E-state index contributed by atoms with van der Waals surface area (Å²) in [7, 11) is 0. The maximum absolute atomic E-state index is 12.4. The lowest BCUT2D eigenvalue weighted by molar-refractivity contribution is -0.125. The van der Waals surface area contributed by atoms with Crippen LogP contribution in [0, 0.1) is 5.92 Å². The molecule has 0 saturated heterocycles. The second-order valence-corrected chi connectivity index (χ2v) is 7.94. The molecule has 0 aliphatic carbocycles. The standard InChI is InChI=1S/C16H25N3O2S/c1-6-10(2)17-14(21)11-8-19-13(20)7-12(16(3,4)5)18-15(19)22-9-11/h7,10-11H,6,8-9H2,1-5H3,(H,17,21). The molecule has 122 valence electrons. The van der Waals surface area contributed by atoms with Crippen LogP contribution in [0.4, 0.5) is 0 Å². The van der Waals surface area contributed by atoms with Gasteiger partial charge in [-0.3, -0.25) is 14.2 Å². The van der Waals surface area contributed by atoms with Crippen LogP contribution < -0.4 is 10.9 Å². The van der Waals surface area contributed by atoms with Gasteiger partial charge in [-0.2, -0.15) is 0 Å². The van der Waals surface area contributed by atoms with Gasteiger partial charge >= 0.3 is 0 Å². The van der Waals surface area contributed by atoms with Crippen molar-refractivity contribution in [3.05, 3.63) is 22.1 Å². The van der Waals surface area contributed by atoms with Crippen LogP contribution >= 0.6 is 11.8 Å². The first-order chi connectivity index (χ1) is 10.2. The molecule has 0 aromatic carbocycles. The fourth-order valence-electron chi connectivity index (χ4n) is 2.22. The lowest BCUT2D eigenvalue weighted by Gasteiger charge is -2.27. The number of aromatic nitrogens is 2. The Balaban J connectivity index is 2.21. The van der Waals surface area contributed by atoms with Gasteiger partial charge in [-0.25, -0.2) is 4.98 Å². The highest BCUT2D eigenvalue weighted by atomic mass is 32.2. The average Bonchev–Trinajstić information content (AvgIpc) is 2.45. The number of amides is 1. The van der Waals surface area contributed by atoms with E-state index in [4.69, 9.17) is 0 Å². The molecular formula is C16H25N3O2S. The summed E-state index contributed by atoms with van der Waals surface area (Å²) < 4.78 is 1.63. The van der Waals surface area contributed by atoms with Gasteiger partial charge in [-0.15, -0.1) is 0 Å². The predicted octanol–water partition coefficient (Wildman–Crippen LogP) is 2.18. The van der Waals surface area contributed by atoms with E-state index in [1.54, 1.807) is 10.6 Å². The second kappa shape index (κ2) is 6.44. The lowest BCUT2D eigenvalue weighted by Crippen LogP contribution is -2.43. The van der Waals surface area contributed by atoms with Crippen LogP contribution in [0.2, 0.25) is 0 Å². The quantitative estimate of drug-likeness (QED) is 0.866. The minimum atomic E-state index is -0.175. The Morgan fingerprint density at radius 1 is 1.55 bits per heavy atom.